The van der Waals surface area contributed by atoms with E-state index in [-0.39, 0.29) is 6.61 Å². The SMILES string of the molecule is O[C@@H]1[C@@H](OCc2ccccc2)O[C@H](COCc2ccccc2)[C@@H](OCc2ccccc2)[C@H]1OCc1ccccc1. The molecule has 40 heavy (non-hydrogen) atoms. The van der Waals surface area contributed by atoms with Crippen LogP contribution in [0.4, 0.5) is 0 Å². The minimum atomic E-state index is -1.07. The quantitative estimate of drug-likeness (QED) is 0.236. The summed E-state index contributed by atoms with van der Waals surface area (Å²) in [7, 11) is 0. The summed E-state index contributed by atoms with van der Waals surface area (Å²) < 4.78 is 31.3. The van der Waals surface area contributed by atoms with Gasteiger partial charge in [0, 0.05) is 0 Å². The predicted molar refractivity (Wildman–Crippen MR) is 152 cm³/mol. The van der Waals surface area contributed by atoms with Crippen molar-refractivity contribution in [3.63, 3.8) is 0 Å². The Labute approximate surface area is 236 Å². The molecule has 6 heteroatoms. The zero-order chi connectivity index (χ0) is 27.4. The molecule has 1 heterocycles. The maximum Gasteiger partial charge on any atom is 0.187 e. The van der Waals surface area contributed by atoms with Gasteiger partial charge in [0.2, 0.25) is 0 Å². The van der Waals surface area contributed by atoms with E-state index in [2.05, 4.69) is 0 Å². The highest BCUT2D eigenvalue weighted by Gasteiger charge is 2.47. The molecule has 0 unspecified atom stereocenters. The first kappa shape index (κ1) is 28.2. The Morgan fingerprint density at radius 1 is 0.500 bits per heavy atom. The van der Waals surface area contributed by atoms with E-state index in [0.29, 0.717) is 26.4 Å². The first-order valence-corrected chi connectivity index (χ1v) is 13.7. The Bertz CT molecular complexity index is 1200. The van der Waals surface area contributed by atoms with Crippen molar-refractivity contribution >= 4 is 0 Å². The topological polar surface area (TPSA) is 66.4 Å². The fourth-order valence-corrected chi connectivity index (χ4v) is 4.71. The number of rotatable bonds is 13. The second kappa shape index (κ2) is 14.9. The van der Waals surface area contributed by atoms with Crippen LogP contribution in [0, 0.1) is 0 Å². The molecular formula is C34H36O6. The molecule has 5 atom stereocenters. The van der Waals surface area contributed by atoms with E-state index in [4.69, 9.17) is 23.7 Å². The van der Waals surface area contributed by atoms with Crippen molar-refractivity contribution in [3.8, 4) is 0 Å². The molecule has 6 nitrogen and oxygen atoms in total. The molecule has 1 aliphatic rings. The molecule has 0 aliphatic carbocycles. The largest absolute Gasteiger partial charge is 0.385 e. The molecule has 0 amide bonds. The molecule has 0 bridgehead atoms. The molecule has 0 saturated carbocycles. The smallest absolute Gasteiger partial charge is 0.187 e. The summed E-state index contributed by atoms with van der Waals surface area (Å²) in [6.45, 7) is 1.63. The van der Waals surface area contributed by atoms with Gasteiger partial charge in [-0.1, -0.05) is 121 Å². The average molecular weight is 541 g/mol. The number of hydrogen-bond acceptors (Lipinski definition) is 6. The van der Waals surface area contributed by atoms with Crippen LogP contribution in [0.3, 0.4) is 0 Å². The van der Waals surface area contributed by atoms with Crippen LogP contribution in [0.25, 0.3) is 0 Å². The van der Waals surface area contributed by atoms with Gasteiger partial charge >= 0.3 is 0 Å². The van der Waals surface area contributed by atoms with Crippen LogP contribution in [-0.2, 0) is 50.1 Å². The molecule has 1 N–H and O–H groups in total. The lowest BCUT2D eigenvalue weighted by atomic mass is 9.98. The normalized spacial score (nSPS) is 22.7. The Kier molecular flexibility index (Phi) is 10.5. The van der Waals surface area contributed by atoms with Crippen molar-refractivity contribution in [2.24, 2.45) is 0 Å². The standard InChI is InChI=1S/C34H36O6/c35-31-33(38-23-28-17-9-3-10-18-28)32(37-22-27-15-7-2-8-16-27)30(25-36-21-26-13-5-1-6-14-26)40-34(31)39-24-29-19-11-4-12-20-29/h1-20,30-35H,21-25H2/t30-,31+,32-,33+,34+/m1/s1. The summed E-state index contributed by atoms with van der Waals surface area (Å²) in [4.78, 5) is 0. The highest BCUT2D eigenvalue weighted by molar-refractivity contribution is 5.16. The third-order valence-electron chi connectivity index (χ3n) is 6.84. The van der Waals surface area contributed by atoms with E-state index in [1.165, 1.54) is 0 Å². The Morgan fingerprint density at radius 2 is 0.900 bits per heavy atom. The molecule has 1 fully saturated rings. The fraction of sp³-hybridized carbons (Fsp3) is 0.294. The second-order valence-corrected chi connectivity index (χ2v) is 9.85. The third kappa shape index (κ3) is 8.08. The summed E-state index contributed by atoms with van der Waals surface area (Å²) in [5, 5.41) is 11.5. The van der Waals surface area contributed by atoms with Gasteiger partial charge in [-0.2, -0.15) is 0 Å². The Morgan fingerprint density at radius 3 is 1.38 bits per heavy atom. The minimum Gasteiger partial charge on any atom is -0.385 e. The molecule has 0 radical (unpaired) electrons. The summed E-state index contributed by atoms with van der Waals surface area (Å²) in [6.07, 6.45) is -3.81. The summed E-state index contributed by atoms with van der Waals surface area (Å²) >= 11 is 0. The van der Waals surface area contributed by atoms with Crippen molar-refractivity contribution in [2.75, 3.05) is 6.61 Å². The van der Waals surface area contributed by atoms with Gasteiger partial charge in [0.25, 0.3) is 0 Å². The molecule has 208 valence electrons. The van der Waals surface area contributed by atoms with Crippen molar-refractivity contribution in [2.45, 2.75) is 57.1 Å². The van der Waals surface area contributed by atoms with Crippen LogP contribution >= 0.6 is 0 Å². The van der Waals surface area contributed by atoms with Gasteiger partial charge in [-0.3, -0.25) is 0 Å². The van der Waals surface area contributed by atoms with Crippen LogP contribution in [0.5, 0.6) is 0 Å². The minimum absolute atomic E-state index is 0.247. The highest BCUT2D eigenvalue weighted by atomic mass is 16.7. The lowest BCUT2D eigenvalue weighted by Gasteiger charge is -2.44. The van der Waals surface area contributed by atoms with Gasteiger partial charge in [0.1, 0.15) is 24.4 Å². The van der Waals surface area contributed by atoms with Crippen LogP contribution in [-0.4, -0.2) is 42.4 Å². The maximum absolute atomic E-state index is 11.5. The van der Waals surface area contributed by atoms with Crippen LogP contribution in [0.15, 0.2) is 121 Å². The van der Waals surface area contributed by atoms with E-state index < -0.39 is 30.7 Å². The van der Waals surface area contributed by atoms with Crippen molar-refractivity contribution < 1.29 is 28.8 Å². The number of aliphatic hydroxyl groups excluding tert-OH is 1. The molecule has 0 aromatic heterocycles. The van der Waals surface area contributed by atoms with Crippen LogP contribution in [0.1, 0.15) is 22.3 Å². The Balaban J connectivity index is 1.34. The highest BCUT2D eigenvalue weighted by Crippen LogP contribution is 2.29. The van der Waals surface area contributed by atoms with Gasteiger partial charge in [-0.25, -0.2) is 0 Å². The first-order valence-electron chi connectivity index (χ1n) is 13.7. The second-order valence-electron chi connectivity index (χ2n) is 9.85. The molecule has 5 rings (SSSR count). The van der Waals surface area contributed by atoms with E-state index in [1.54, 1.807) is 0 Å². The van der Waals surface area contributed by atoms with E-state index >= 15 is 0 Å². The lowest BCUT2D eigenvalue weighted by molar-refractivity contribution is -0.321. The zero-order valence-electron chi connectivity index (χ0n) is 22.5. The van der Waals surface area contributed by atoms with E-state index in [0.717, 1.165) is 22.3 Å². The van der Waals surface area contributed by atoms with Gasteiger partial charge < -0.3 is 28.8 Å². The van der Waals surface area contributed by atoms with Gasteiger partial charge in [-0.05, 0) is 22.3 Å². The predicted octanol–water partition coefficient (Wildman–Crippen LogP) is 5.68. The zero-order valence-corrected chi connectivity index (χ0v) is 22.5. The van der Waals surface area contributed by atoms with Crippen LogP contribution < -0.4 is 0 Å². The molecule has 0 spiro atoms. The molecule has 4 aromatic rings. The number of benzene rings is 4. The van der Waals surface area contributed by atoms with Crippen molar-refractivity contribution in [3.05, 3.63) is 144 Å². The Hall–Kier alpha value is -3.36. The first-order chi connectivity index (χ1) is 19.8. The van der Waals surface area contributed by atoms with Crippen LogP contribution in [0.2, 0.25) is 0 Å². The summed E-state index contributed by atoms with van der Waals surface area (Å²) in [6, 6.07) is 39.6. The monoisotopic (exact) mass is 540 g/mol. The van der Waals surface area contributed by atoms with E-state index in [9.17, 15) is 5.11 Å². The molecular weight excluding hydrogens is 504 g/mol. The van der Waals surface area contributed by atoms with Crippen molar-refractivity contribution in [1.29, 1.82) is 0 Å². The summed E-state index contributed by atoms with van der Waals surface area (Å²) in [5.74, 6) is 0. The number of aliphatic hydroxyl groups is 1. The molecule has 4 aromatic carbocycles. The van der Waals surface area contributed by atoms with Crippen molar-refractivity contribution in [1.82, 2.24) is 0 Å². The van der Waals surface area contributed by atoms with Gasteiger partial charge in [0.15, 0.2) is 6.29 Å². The molecule has 1 aliphatic heterocycles. The maximum atomic E-state index is 11.5. The van der Waals surface area contributed by atoms with E-state index in [1.807, 2.05) is 121 Å². The summed E-state index contributed by atoms with van der Waals surface area (Å²) in [5.41, 5.74) is 4.07. The van der Waals surface area contributed by atoms with Gasteiger partial charge in [0.05, 0.1) is 33.0 Å². The number of ether oxygens (including phenoxy) is 5. The fourth-order valence-electron chi connectivity index (χ4n) is 4.71. The molecule has 1 saturated heterocycles. The van der Waals surface area contributed by atoms with Gasteiger partial charge in [-0.15, -0.1) is 0 Å². The number of hydrogen-bond donors (Lipinski definition) is 1. The third-order valence-corrected chi connectivity index (χ3v) is 6.84. The average Bonchev–Trinajstić information content (AvgIpc) is 3.01. The lowest BCUT2D eigenvalue weighted by Crippen LogP contribution is -2.61.